The highest BCUT2D eigenvalue weighted by Gasteiger charge is 2.18. The second-order valence-electron chi connectivity index (χ2n) is 4.71. The quantitative estimate of drug-likeness (QED) is 0.883. The molecular weight excluding hydrogens is 282 g/mol. The molecule has 0 bridgehead atoms. The van der Waals surface area contributed by atoms with Crippen LogP contribution in [0.1, 0.15) is 37.6 Å². The Morgan fingerprint density at radius 1 is 1.41 bits per heavy atom. The van der Waals surface area contributed by atoms with Crippen molar-refractivity contribution in [1.82, 2.24) is 20.5 Å². The number of benzene rings is 1. The molecule has 1 atom stereocenters. The summed E-state index contributed by atoms with van der Waals surface area (Å²) >= 11 is 0. The topological polar surface area (TPSA) is 112 Å². The van der Waals surface area contributed by atoms with Crippen molar-refractivity contribution in [2.24, 2.45) is 0 Å². The maximum atomic E-state index is 12.2. The summed E-state index contributed by atoms with van der Waals surface area (Å²) < 4.78 is 0. The monoisotopic (exact) mass is 297 g/mol. The van der Waals surface area contributed by atoms with E-state index in [-0.39, 0.29) is 17.4 Å². The SMILES string of the molecule is CCC(NC(C)=O)c1nnc(-c2ccccc2C#N)[nH]c1=O. The molecule has 0 aliphatic rings. The number of hydrogen-bond acceptors (Lipinski definition) is 5. The molecule has 1 amide bonds. The standard InChI is InChI=1S/C15H15N5O2/c1-3-12(17-9(2)21)13-15(22)18-14(20-19-13)11-7-5-4-6-10(11)8-16/h4-7,12H,3H2,1-2H3,(H,17,21)(H,18,20,22). The molecule has 0 radical (unpaired) electrons. The molecule has 0 aliphatic heterocycles. The van der Waals surface area contributed by atoms with Crippen LogP contribution in [0.25, 0.3) is 11.4 Å². The van der Waals surface area contributed by atoms with E-state index in [0.29, 0.717) is 17.5 Å². The van der Waals surface area contributed by atoms with Gasteiger partial charge in [-0.2, -0.15) is 5.26 Å². The Hall–Kier alpha value is -3.01. The number of rotatable bonds is 4. The third-order valence-electron chi connectivity index (χ3n) is 3.14. The summed E-state index contributed by atoms with van der Waals surface area (Å²) in [6, 6.07) is 8.34. The predicted molar refractivity (Wildman–Crippen MR) is 79.7 cm³/mol. The Labute approximate surface area is 127 Å². The zero-order chi connectivity index (χ0) is 16.1. The van der Waals surface area contributed by atoms with Crippen LogP contribution in [0.2, 0.25) is 0 Å². The average molecular weight is 297 g/mol. The minimum absolute atomic E-state index is 0.149. The van der Waals surface area contributed by atoms with Gasteiger partial charge in [0.15, 0.2) is 11.5 Å². The third kappa shape index (κ3) is 3.17. The molecule has 7 heteroatoms. The number of nitrogens with zero attached hydrogens (tertiary/aromatic N) is 3. The van der Waals surface area contributed by atoms with E-state index in [1.807, 2.05) is 13.0 Å². The second kappa shape index (κ2) is 6.63. The Bertz CT molecular complexity index is 791. The fraction of sp³-hybridized carbons (Fsp3) is 0.267. The summed E-state index contributed by atoms with van der Waals surface area (Å²) in [5.41, 5.74) is 0.622. The Morgan fingerprint density at radius 2 is 2.14 bits per heavy atom. The van der Waals surface area contributed by atoms with E-state index in [1.54, 1.807) is 24.3 Å². The first kappa shape index (κ1) is 15.4. The van der Waals surface area contributed by atoms with Crippen LogP contribution in [0.4, 0.5) is 0 Å². The third-order valence-corrected chi connectivity index (χ3v) is 3.14. The molecule has 1 unspecified atom stereocenters. The molecule has 0 saturated heterocycles. The minimum atomic E-state index is -0.492. The summed E-state index contributed by atoms with van der Waals surface area (Å²) in [4.78, 5) is 26.0. The van der Waals surface area contributed by atoms with Crippen LogP contribution in [-0.4, -0.2) is 21.1 Å². The van der Waals surface area contributed by atoms with Crippen LogP contribution in [0.3, 0.4) is 0 Å². The zero-order valence-corrected chi connectivity index (χ0v) is 12.3. The summed E-state index contributed by atoms with van der Waals surface area (Å²) in [6.45, 7) is 3.21. The Morgan fingerprint density at radius 3 is 2.73 bits per heavy atom. The van der Waals surface area contributed by atoms with Crippen molar-refractivity contribution in [3.63, 3.8) is 0 Å². The number of carbonyl (C=O) groups excluding carboxylic acids is 1. The maximum absolute atomic E-state index is 12.2. The molecule has 0 saturated carbocycles. The zero-order valence-electron chi connectivity index (χ0n) is 12.3. The van der Waals surface area contributed by atoms with E-state index in [4.69, 9.17) is 5.26 Å². The van der Waals surface area contributed by atoms with Gasteiger partial charge in [0.1, 0.15) is 0 Å². The van der Waals surface area contributed by atoms with Gasteiger partial charge in [-0.1, -0.05) is 19.1 Å². The van der Waals surface area contributed by atoms with Crippen LogP contribution >= 0.6 is 0 Å². The summed E-state index contributed by atoms with van der Waals surface area (Å²) in [7, 11) is 0. The molecular formula is C15H15N5O2. The number of nitriles is 1. The molecule has 0 fully saturated rings. The van der Waals surface area contributed by atoms with E-state index in [9.17, 15) is 9.59 Å². The van der Waals surface area contributed by atoms with Gasteiger partial charge in [-0.25, -0.2) is 0 Å². The lowest BCUT2D eigenvalue weighted by Crippen LogP contribution is -2.32. The lowest BCUT2D eigenvalue weighted by molar-refractivity contribution is -0.119. The first-order chi connectivity index (χ1) is 10.6. The Kier molecular flexibility index (Phi) is 4.63. The van der Waals surface area contributed by atoms with Gasteiger partial charge in [0, 0.05) is 12.5 Å². The van der Waals surface area contributed by atoms with Crippen LogP contribution in [0.15, 0.2) is 29.1 Å². The van der Waals surface area contributed by atoms with E-state index < -0.39 is 11.6 Å². The smallest absolute Gasteiger partial charge is 0.275 e. The van der Waals surface area contributed by atoms with Crippen molar-refractivity contribution in [2.45, 2.75) is 26.3 Å². The van der Waals surface area contributed by atoms with Gasteiger partial charge < -0.3 is 10.3 Å². The van der Waals surface area contributed by atoms with Crippen molar-refractivity contribution in [3.8, 4) is 17.5 Å². The molecule has 0 aliphatic carbocycles. The average Bonchev–Trinajstić information content (AvgIpc) is 2.52. The van der Waals surface area contributed by atoms with Crippen molar-refractivity contribution >= 4 is 5.91 Å². The molecule has 2 N–H and O–H groups in total. The normalized spacial score (nSPS) is 11.5. The van der Waals surface area contributed by atoms with Gasteiger partial charge in [0.25, 0.3) is 5.56 Å². The molecule has 112 valence electrons. The fourth-order valence-corrected chi connectivity index (χ4v) is 2.09. The number of hydrogen-bond donors (Lipinski definition) is 2. The van der Waals surface area contributed by atoms with Gasteiger partial charge in [-0.05, 0) is 18.6 Å². The molecule has 1 aromatic carbocycles. The largest absolute Gasteiger partial charge is 0.348 e. The van der Waals surface area contributed by atoms with Crippen molar-refractivity contribution < 1.29 is 4.79 Å². The van der Waals surface area contributed by atoms with Crippen molar-refractivity contribution in [3.05, 3.63) is 45.9 Å². The van der Waals surface area contributed by atoms with E-state index in [2.05, 4.69) is 20.5 Å². The van der Waals surface area contributed by atoms with Crippen LogP contribution in [0.5, 0.6) is 0 Å². The molecule has 1 heterocycles. The van der Waals surface area contributed by atoms with E-state index in [0.717, 1.165) is 0 Å². The highest BCUT2D eigenvalue weighted by Crippen LogP contribution is 2.18. The fourth-order valence-electron chi connectivity index (χ4n) is 2.09. The molecule has 1 aromatic heterocycles. The van der Waals surface area contributed by atoms with E-state index >= 15 is 0 Å². The predicted octanol–water partition coefficient (Wildman–Crippen LogP) is 1.29. The number of H-pyrrole nitrogens is 1. The highest BCUT2D eigenvalue weighted by atomic mass is 16.1. The van der Waals surface area contributed by atoms with Crippen LogP contribution in [0, 0.1) is 11.3 Å². The number of amides is 1. The molecule has 22 heavy (non-hydrogen) atoms. The summed E-state index contributed by atoms with van der Waals surface area (Å²) in [6.07, 6.45) is 0.519. The lowest BCUT2D eigenvalue weighted by Gasteiger charge is -2.13. The first-order valence-corrected chi connectivity index (χ1v) is 6.80. The second-order valence-corrected chi connectivity index (χ2v) is 4.71. The van der Waals surface area contributed by atoms with Gasteiger partial charge in [0.05, 0.1) is 17.7 Å². The lowest BCUT2D eigenvalue weighted by atomic mass is 10.1. The maximum Gasteiger partial charge on any atom is 0.275 e. The molecule has 2 aromatic rings. The van der Waals surface area contributed by atoms with Crippen molar-refractivity contribution in [2.75, 3.05) is 0 Å². The van der Waals surface area contributed by atoms with Crippen LogP contribution < -0.4 is 10.9 Å². The number of aromatic amines is 1. The first-order valence-electron chi connectivity index (χ1n) is 6.80. The molecule has 7 nitrogen and oxygen atoms in total. The Balaban J connectivity index is 2.44. The number of nitrogens with one attached hydrogen (secondary N) is 2. The van der Waals surface area contributed by atoms with Crippen molar-refractivity contribution in [1.29, 1.82) is 5.26 Å². The van der Waals surface area contributed by atoms with Gasteiger partial charge in [-0.15, -0.1) is 10.2 Å². The summed E-state index contributed by atoms with van der Waals surface area (Å²) in [5, 5.41) is 19.7. The van der Waals surface area contributed by atoms with Crippen LogP contribution in [-0.2, 0) is 4.79 Å². The van der Waals surface area contributed by atoms with Gasteiger partial charge in [-0.3, -0.25) is 9.59 Å². The minimum Gasteiger partial charge on any atom is -0.348 e. The molecule has 2 rings (SSSR count). The molecule has 0 spiro atoms. The highest BCUT2D eigenvalue weighted by molar-refractivity contribution is 5.73. The van der Waals surface area contributed by atoms with Gasteiger partial charge >= 0.3 is 0 Å². The van der Waals surface area contributed by atoms with E-state index in [1.165, 1.54) is 6.92 Å². The summed E-state index contributed by atoms with van der Waals surface area (Å²) in [5.74, 6) is -0.0180. The van der Waals surface area contributed by atoms with Gasteiger partial charge in [0.2, 0.25) is 5.91 Å². The number of carbonyl (C=O) groups is 1. The number of aromatic nitrogens is 3.